The maximum atomic E-state index is 12.1. The number of halogens is 1. The zero-order valence-corrected chi connectivity index (χ0v) is 17.5. The van der Waals surface area contributed by atoms with Gasteiger partial charge in [-0.25, -0.2) is 4.98 Å². The molecule has 3 N–H and O–H groups in total. The van der Waals surface area contributed by atoms with Crippen molar-refractivity contribution in [2.75, 3.05) is 25.0 Å². The smallest absolute Gasteiger partial charge is 0.226 e. The van der Waals surface area contributed by atoms with Crippen molar-refractivity contribution in [3.05, 3.63) is 44.9 Å². The molecule has 0 unspecified atom stereocenters. The average molecular weight is 408 g/mol. The Morgan fingerprint density at radius 3 is 2.78 bits per heavy atom. The molecule has 1 aromatic carbocycles. The summed E-state index contributed by atoms with van der Waals surface area (Å²) in [6.07, 6.45) is 1.12. The van der Waals surface area contributed by atoms with Gasteiger partial charge in [0.1, 0.15) is 0 Å². The monoisotopic (exact) mass is 407 g/mol. The first-order valence-corrected chi connectivity index (χ1v) is 10.2. The normalized spacial score (nSPS) is 11.3. The van der Waals surface area contributed by atoms with Crippen LogP contribution in [0.3, 0.4) is 0 Å². The van der Waals surface area contributed by atoms with Crippen molar-refractivity contribution in [2.24, 2.45) is 4.99 Å². The van der Waals surface area contributed by atoms with E-state index < -0.39 is 0 Å². The summed E-state index contributed by atoms with van der Waals surface area (Å²) in [5, 5.41) is 13.0. The number of hydrogen-bond donors (Lipinski definition) is 3. The number of aromatic nitrogens is 1. The molecular formula is C19H26ClN5OS. The van der Waals surface area contributed by atoms with Crippen LogP contribution in [0.25, 0.3) is 0 Å². The number of aliphatic imine (C=N–C) groups is 1. The van der Waals surface area contributed by atoms with Crippen LogP contribution in [-0.2, 0) is 11.2 Å². The van der Waals surface area contributed by atoms with Gasteiger partial charge in [-0.15, -0.1) is 11.3 Å². The number of thiazole rings is 1. The minimum atomic E-state index is -0.113. The minimum absolute atomic E-state index is 0.113. The summed E-state index contributed by atoms with van der Waals surface area (Å²) in [6, 6.07) is 5.55. The number of hydrogen-bond acceptors (Lipinski definition) is 4. The summed E-state index contributed by atoms with van der Waals surface area (Å²) in [5.41, 5.74) is 2.76. The van der Waals surface area contributed by atoms with Gasteiger partial charge in [-0.3, -0.25) is 9.79 Å². The van der Waals surface area contributed by atoms with Gasteiger partial charge in [-0.1, -0.05) is 17.7 Å². The Labute approximate surface area is 169 Å². The lowest BCUT2D eigenvalue weighted by Gasteiger charge is -2.11. The molecule has 0 bridgehead atoms. The van der Waals surface area contributed by atoms with Crippen molar-refractivity contribution in [3.63, 3.8) is 0 Å². The van der Waals surface area contributed by atoms with Gasteiger partial charge >= 0.3 is 0 Å². The van der Waals surface area contributed by atoms with Crippen molar-refractivity contribution in [3.8, 4) is 0 Å². The Morgan fingerprint density at radius 2 is 2.11 bits per heavy atom. The first-order chi connectivity index (χ1) is 13.0. The molecule has 0 spiro atoms. The summed E-state index contributed by atoms with van der Waals surface area (Å²) < 4.78 is 0. The number of anilines is 1. The molecule has 1 amide bonds. The second kappa shape index (κ2) is 10.9. The molecule has 2 aromatic rings. The van der Waals surface area contributed by atoms with E-state index in [0.29, 0.717) is 23.2 Å². The van der Waals surface area contributed by atoms with Crippen LogP contribution in [0.1, 0.15) is 29.6 Å². The molecule has 0 radical (unpaired) electrons. The number of carbonyl (C=O) groups excluding carboxylic acids is 1. The van der Waals surface area contributed by atoms with Crippen LogP contribution in [0, 0.1) is 13.8 Å². The third kappa shape index (κ3) is 7.56. The molecule has 0 aliphatic heterocycles. The van der Waals surface area contributed by atoms with Crippen LogP contribution >= 0.6 is 22.9 Å². The molecule has 146 valence electrons. The van der Waals surface area contributed by atoms with E-state index in [1.165, 1.54) is 0 Å². The highest BCUT2D eigenvalue weighted by molar-refractivity contribution is 7.09. The number of amides is 1. The predicted molar refractivity (Wildman–Crippen MR) is 114 cm³/mol. The van der Waals surface area contributed by atoms with Crippen molar-refractivity contribution in [2.45, 2.75) is 33.6 Å². The second-order valence-electron chi connectivity index (χ2n) is 6.08. The Hall–Kier alpha value is -2.12. The van der Waals surface area contributed by atoms with Gasteiger partial charge < -0.3 is 16.0 Å². The van der Waals surface area contributed by atoms with E-state index in [4.69, 9.17) is 11.6 Å². The van der Waals surface area contributed by atoms with Crippen LogP contribution in [0.2, 0.25) is 5.02 Å². The molecule has 1 heterocycles. The molecule has 1 aromatic heterocycles. The fourth-order valence-electron chi connectivity index (χ4n) is 2.38. The van der Waals surface area contributed by atoms with Crippen molar-refractivity contribution in [1.29, 1.82) is 0 Å². The van der Waals surface area contributed by atoms with Gasteiger partial charge in [0.05, 0.1) is 28.0 Å². The van der Waals surface area contributed by atoms with E-state index in [1.54, 1.807) is 11.3 Å². The Kier molecular flexibility index (Phi) is 8.54. The molecule has 0 atom stereocenters. The van der Waals surface area contributed by atoms with Crippen molar-refractivity contribution < 1.29 is 4.79 Å². The van der Waals surface area contributed by atoms with Gasteiger partial charge in [-0.2, -0.15) is 0 Å². The predicted octanol–water partition coefficient (Wildman–Crippen LogP) is 3.54. The third-order valence-electron chi connectivity index (χ3n) is 3.69. The van der Waals surface area contributed by atoms with E-state index in [-0.39, 0.29) is 12.3 Å². The van der Waals surface area contributed by atoms with E-state index >= 15 is 0 Å². The highest BCUT2D eigenvalue weighted by atomic mass is 35.5. The highest BCUT2D eigenvalue weighted by Crippen LogP contribution is 2.22. The molecule has 27 heavy (non-hydrogen) atoms. The number of aryl methyl sites for hydroxylation is 2. The average Bonchev–Trinajstić information content (AvgIpc) is 3.03. The summed E-state index contributed by atoms with van der Waals surface area (Å²) in [5.74, 6) is 0.587. The van der Waals surface area contributed by atoms with Crippen LogP contribution in [0.4, 0.5) is 5.69 Å². The number of benzene rings is 1. The molecule has 0 aliphatic carbocycles. The molecule has 0 saturated heterocycles. The van der Waals surface area contributed by atoms with E-state index in [9.17, 15) is 4.79 Å². The first kappa shape index (κ1) is 21.2. The lowest BCUT2D eigenvalue weighted by atomic mass is 10.2. The Balaban J connectivity index is 1.78. The molecule has 6 nitrogen and oxygen atoms in total. The van der Waals surface area contributed by atoms with E-state index in [2.05, 4.69) is 31.3 Å². The van der Waals surface area contributed by atoms with Gasteiger partial charge in [0.15, 0.2) is 5.96 Å². The minimum Gasteiger partial charge on any atom is -0.357 e. The van der Waals surface area contributed by atoms with Gasteiger partial charge in [0, 0.05) is 31.3 Å². The van der Waals surface area contributed by atoms with Crippen molar-refractivity contribution in [1.82, 2.24) is 15.6 Å². The maximum absolute atomic E-state index is 12.1. The van der Waals surface area contributed by atoms with Crippen LogP contribution < -0.4 is 16.0 Å². The Bertz CT molecular complexity index is 790. The zero-order chi connectivity index (χ0) is 19.6. The highest BCUT2D eigenvalue weighted by Gasteiger charge is 2.06. The fraction of sp³-hybridized carbons (Fsp3) is 0.421. The molecule has 0 fully saturated rings. The molecule has 8 heteroatoms. The summed E-state index contributed by atoms with van der Waals surface area (Å²) in [6.45, 7) is 7.85. The van der Waals surface area contributed by atoms with Crippen LogP contribution in [0.15, 0.2) is 28.6 Å². The van der Waals surface area contributed by atoms with Crippen LogP contribution in [0.5, 0.6) is 0 Å². The van der Waals surface area contributed by atoms with E-state index in [1.807, 2.05) is 39.0 Å². The number of guanidine groups is 1. The lowest BCUT2D eigenvalue weighted by molar-refractivity contribution is -0.116. The van der Waals surface area contributed by atoms with Gasteiger partial charge in [0.25, 0.3) is 0 Å². The number of carbonyl (C=O) groups is 1. The largest absolute Gasteiger partial charge is 0.357 e. The second-order valence-corrected chi connectivity index (χ2v) is 7.55. The molecule has 0 aliphatic rings. The fourth-order valence-corrected chi connectivity index (χ4v) is 3.31. The lowest BCUT2D eigenvalue weighted by Crippen LogP contribution is -2.38. The molecule has 0 saturated carbocycles. The third-order valence-corrected chi connectivity index (χ3v) is 4.83. The van der Waals surface area contributed by atoms with E-state index in [0.717, 1.165) is 35.8 Å². The summed E-state index contributed by atoms with van der Waals surface area (Å²) in [4.78, 5) is 21.0. The maximum Gasteiger partial charge on any atom is 0.226 e. The van der Waals surface area contributed by atoms with Crippen molar-refractivity contribution >= 4 is 40.5 Å². The SMILES string of the molecule is CCNC(=NCCC(=O)Nc1ccc(C)cc1Cl)NCCc1csc(C)n1. The topological polar surface area (TPSA) is 78.4 Å². The summed E-state index contributed by atoms with van der Waals surface area (Å²) >= 11 is 7.80. The number of nitrogens with one attached hydrogen (secondary N) is 3. The quantitative estimate of drug-likeness (QED) is 0.462. The first-order valence-electron chi connectivity index (χ1n) is 8.97. The molecular weight excluding hydrogens is 382 g/mol. The standard InChI is InChI=1S/C19H26ClN5OS/c1-4-21-19(22-9-7-15-12-27-14(3)24-15)23-10-8-18(26)25-17-6-5-13(2)11-16(17)20/h5-6,11-12H,4,7-10H2,1-3H3,(H,25,26)(H2,21,22,23). The number of rotatable bonds is 8. The van der Waals surface area contributed by atoms with Crippen LogP contribution in [-0.4, -0.2) is 36.5 Å². The zero-order valence-electron chi connectivity index (χ0n) is 15.9. The van der Waals surface area contributed by atoms with Gasteiger partial charge in [-0.05, 0) is 38.5 Å². The summed E-state index contributed by atoms with van der Waals surface area (Å²) in [7, 11) is 0. The molecule has 2 rings (SSSR count). The Morgan fingerprint density at radius 1 is 1.30 bits per heavy atom. The number of nitrogens with zero attached hydrogens (tertiary/aromatic N) is 2. The van der Waals surface area contributed by atoms with Gasteiger partial charge in [0.2, 0.25) is 5.91 Å².